The zero-order valence-electron chi connectivity index (χ0n) is 22.1. The number of nitrogens with one attached hydrogen (secondary N) is 1. The fourth-order valence-corrected chi connectivity index (χ4v) is 5.14. The summed E-state index contributed by atoms with van der Waals surface area (Å²) in [6, 6.07) is 24.9. The Morgan fingerprint density at radius 3 is 2.39 bits per heavy atom. The van der Waals surface area contributed by atoms with Crippen molar-refractivity contribution in [2.75, 3.05) is 6.61 Å². The first-order valence-electron chi connectivity index (χ1n) is 13.6. The Hall–Kier alpha value is -3.31. The van der Waals surface area contributed by atoms with Crippen LogP contribution >= 0.6 is 11.6 Å². The van der Waals surface area contributed by atoms with Gasteiger partial charge in [0, 0.05) is 30.5 Å². The third-order valence-electron chi connectivity index (χ3n) is 7.03. The van der Waals surface area contributed by atoms with Crippen LogP contribution in [0.25, 0.3) is 0 Å². The van der Waals surface area contributed by atoms with Gasteiger partial charge in [-0.3, -0.25) is 9.59 Å². The molecule has 0 spiro atoms. The predicted molar refractivity (Wildman–Crippen MR) is 152 cm³/mol. The molecule has 1 aliphatic carbocycles. The van der Waals surface area contributed by atoms with Crippen LogP contribution < -0.4 is 10.1 Å². The van der Waals surface area contributed by atoms with Gasteiger partial charge in [-0.25, -0.2) is 0 Å². The lowest BCUT2D eigenvalue weighted by molar-refractivity contribution is -0.141. The standard InChI is InChI=1S/C32H37ClN2O3/c1-24-9-7-12-26(21-24)23-35(31(36)15-8-20-38-29-18-16-27(33)17-19-29)30(22-25-10-3-2-4-11-25)32(37)34-28-13-5-6-14-28/h2-4,7,9-12,16-19,21,28,30H,5-6,8,13-15,20,22-23H2,1H3,(H,34,37)/t30-/m0/s1. The predicted octanol–water partition coefficient (Wildman–Crippen LogP) is 6.51. The molecule has 0 saturated heterocycles. The summed E-state index contributed by atoms with van der Waals surface area (Å²) in [5.41, 5.74) is 3.18. The van der Waals surface area contributed by atoms with E-state index >= 15 is 0 Å². The Balaban J connectivity index is 1.51. The number of ether oxygens (including phenoxy) is 1. The summed E-state index contributed by atoms with van der Waals surface area (Å²) < 4.78 is 5.81. The van der Waals surface area contributed by atoms with Crippen molar-refractivity contribution in [1.82, 2.24) is 10.2 Å². The van der Waals surface area contributed by atoms with Crippen LogP contribution in [0.5, 0.6) is 5.75 Å². The highest BCUT2D eigenvalue weighted by atomic mass is 35.5. The Bertz CT molecular complexity index is 1180. The van der Waals surface area contributed by atoms with Gasteiger partial charge in [0.05, 0.1) is 6.61 Å². The molecule has 0 aromatic heterocycles. The number of halogens is 1. The fourth-order valence-electron chi connectivity index (χ4n) is 5.02. The van der Waals surface area contributed by atoms with Gasteiger partial charge >= 0.3 is 0 Å². The molecule has 0 bridgehead atoms. The summed E-state index contributed by atoms with van der Waals surface area (Å²) in [6.45, 7) is 2.83. The van der Waals surface area contributed by atoms with E-state index in [9.17, 15) is 9.59 Å². The van der Waals surface area contributed by atoms with Crippen molar-refractivity contribution < 1.29 is 14.3 Å². The van der Waals surface area contributed by atoms with Crippen LogP contribution in [0, 0.1) is 6.92 Å². The molecule has 3 aromatic carbocycles. The zero-order chi connectivity index (χ0) is 26.7. The minimum atomic E-state index is -0.594. The van der Waals surface area contributed by atoms with Gasteiger partial charge < -0.3 is 15.0 Å². The molecule has 1 atom stereocenters. The Kier molecular flexibility index (Phi) is 10.2. The number of hydrogen-bond donors (Lipinski definition) is 1. The average Bonchev–Trinajstić information content (AvgIpc) is 3.43. The molecule has 0 unspecified atom stereocenters. The maximum absolute atomic E-state index is 13.7. The first-order chi connectivity index (χ1) is 18.5. The molecule has 3 aromatic rings. The highest BCUT2D eigenvalue weighted by Gasteiger charge is 2.32. The van der Waals surface area contributed by atoms with Gasteiger partial charge in [-0.15, -0.1) is 0 Å². The molecule has 0 heterocycles. The summed E-state index contributed by atoms with van der Waals surface area (Å²) in [5, 5.41) is 3.91. The first-order valence-corrected chi connectivity index (χ1v) is 13.9. The van der Waals surface area contributed by atoms with Crippen molar-refractivity contribution in [1.29, 1.82) is 0 Å². The molecular formula is C32H37ClN2O3. The van der Waals surface area contributed by atoms with Crippen molar-refractivity contribution in [3.63, 3.8) is 0 Å². The molecule has 0 radical (unpaired) electrons. The second-order valence-corrected chi connectivity index (χ2v) is 10.5. The summed E-state index contributed by atoms with van der Waals surface area (Å²) in [6.07, 6.45) is 5.57. The number of nitrogens with zero attached hydrogens (tertiary/aromatic N) is 1. The topological polar surface area (TPSA) is 58.6 Å². The molecule has 4 rings (SSSR count). The van der Waals surface area contributed by atoms with Gasteiger partial charge in [-0.2, -0.15) is 0 Å². The second-order valence-electron chi connectivity index (χ2n) is 10.1. The molecule has 6 heteroatoms. The van der Waals surface area contributed by atoms with Gasteiger partial charge in [0.2, 0.25) is 11.8 Å². The maximum Gasteiger partial charge on any atom is 0.243 e. The minimum absolute atomic E-state index is 0.0475. The smallest absolute Gasteiger partial charge is 0.243 e. The first kappa shape index (κ1) is 27.7. The van der Waals surface area contributed by atoms with Crippen LogP contribution in [0.1, 0.15) is 55.2 Å². The van der Waals surface area contributed by atoms with Crippen molar-refractivity contribution in [2.24, 2.45) is 0 Å². The minimum Gasteiger partial charge on any atom is -0.494 e. The lowest BCUT2D eigenvalue weighted by atomic mass is 10.0. The molecule has 1 aliphatic rings. The van der Waals surface area contributed by atoms with Crippen LogP contribution in [0.2, 0.25) is 5.02 Å². The second kappa shape index (κ2) is 14.0. The summed E-state index contributed by atoms with van der Waals surface area (Å²) in [7, 11) is 0. The molecule has 200 valence electrons. The molecular weight excluding hydrogens is 496 g/mol. The number of carbonyl (C=O) groups is 2. The molecule has 1 fully saturated rings. The van der Waals surface area contributed by atoms with Gasteiger partial charge in [-0.05, 0) is 61.6 Å². The SMILES string of the molecule is Cc1cccc(CN(C(=O)CCCOc2ccc(Cl)cc2)[C@@H](Cc2ccccc2)C(=O)NC2CCCC2)c1. The molecule has 38 heavy (non-hydrogen) atoms. The van der Waals surface area contributed by atoms with Crippen LogP contribution in [0.4, 0.5) is 0 Å². The number of amides is 2. The van der Waals surface area contributed by atoms with Crippen LogP contribution in [-0.4, -0.2) is 35.4 Å². The van der Waals surface area contributed by atoms with E-state index < -0.39 is 6.04 Å². The summed E-state index contributed by atoms with van der Waals surface area (Å²) in [5.74, 6) is 0.601. The van der Waals surface area contributed by atoms with Gasteiger partial charge in [-0.1, -0.05) is 84.6 Å². The third kappa shape index (κ3) is 8.35. The lowest BCUT2D eigenvalue weighted by Crippen LogP contribution is -2.52. The van der Waals surface area contributed by atoms with E-state index in [1.807, 2.05) is 67.6 Å². The van der Waals surface area contributed by atoms with Gasteiger partial charge in [0.1, 0.15) is 11.8 Å². The lowest BCUT2D eigenvalue weighted by Gasteiger charge is -2.32. The summed E-state index contributed by atoms with van der Waals surface area (Å²) >= 11 is 5.95. The van der Waals surface area contributed by atoms with Crippen molar-refractivity contribution >= 4 is 23.4 Å². The van der Waals surface area contributed by atoms with Gasteiger partial charge in [0.25, 0.3) is 0 Å². The number of benzene rings is 3. The number of aryl methyl sites for hydroxylation is 1. The van der Waals surface area contributed by atoms with Gasteiger partial charge in [0.15, 0.2) is 0 Å². The van der Waals surface area contributed by atoms with Crippen LogP contribution in [0.3, 0.4) is 0 Å². The highest BCUT2D eigenvalue weighted by molar-refractivity contribution is 6.30. The van der Waals surface area contributed by atoms with E-state index in [1.54, 1.807) is 17.0 Å². The van der Waals surface area contributed by atoms with E-state index in [-0.39, 0.29) is 17.9 Å². The Labute approximate surface area is 231 Å². The zero-order valence-corrected chi connectivity index (χ0v) is 22.8. The number of hydrogen-bond acceptors (Lipinski definition) is 3. The molecule has 5 nitrogen and oxygen atoms in total. The normalized spacial score (nSPS) is 14.2. The third-order valence-corrected chi connectivity index (χ3v) is 7.28. The van der Waals surface area contributed by atoms with E-state index in [0.717, 1.165) is 48.1 Å². The van der Waals surface area contributed by atoms with Crippen molar-refractivity contribution in [3.8, 4) is 5.75 Å². The fraction of sp³-hybridized carbons (Fsp3) is 0.375. The monoisotopic (exact) mass is 532 g/mol. The largest absolute Gasteiger partial charge is 0.494 e. The van der Waals surface area contributed by atoms with E-state index in [0.29, 0.717) is 37.4 Å². The average molecular weight is 533 g/mol. The quantitative estimate of drug-likeness (QED) is 0.271. The number of carbonyl (C=O) groups excluding carboxylic acids is 2. The molecule has 1 N–H and O–H groups in total. The summed E-state index contributed by atoms with van der Waals surface area (Å²) in [4.78, 5) is 29.2. The maximum atomic E-state index is 13.7. The van der Waals surface area contributed by atoms with E-state index in [2.05, 4.69) is 11.4 Å². The van der Waals surface area contributed by atoms with Crippen LogP contribution in [0.15, 0.2) is 78.9 Å². The molecule has 0 aliphatic heterocycles. The highest BCUT2D eigenvalue weighted by Crippen LogP contribution is 2.21. The molecule has 1 saturated carbocycles. The Morgan fingerprint density at radius 2 is 1.68 bits per heavy atom. The van der Waals surface area contributed by atoms with Crippen molar-refractivity contribution in [3.05, 3.63) is 101 Å². The Morgan fingerprint density at radius 1 is 0.974 bits per heavy atom. The van der Waals surface area contributed by atoms with Crippen LogP contribution in [-0.2, 0) is 22.6 Å². The van der Waals surface area contributed by atoms with E-state index in [1.165, 1.54) is 0 Å². The van der Waals surface area contributed by atoms with Crippen molar-refractivity contribution in [2.45, 2.75) is 70.5 Å². The van der Waals surface area contributed by atoms with E-state index in [4.69, 9.17) is 16.3 Å². The number of rotatable bonds is 12. The molecule has 2 amide bonds.